The number of hydrogen-bond acceptors (Lipinski definition) is 4. The van der Waals surface area contributed by atoms with Crippen molar-refractivity contribution >= 4 is 22.5 Å². The first-order valence-electron chi connectivity index (χ1n) is 17.5. The van der Waals surface area contributed by atoms with Crippen molar-refractivity contribution in [2.45, 2.75) is 161 Å². The largest absolute Gasteiger partial charge is 0.417 e. The fourth-order valence-electron chi connectivity index (χ4n) is 5.69. The molecule has 0 bridgehead atoms. The third-order valence-corrected chi connectivity index (χ3v) is 20.1. The highest BCUT2D eigenvalue weighted by molar-refractivity contribution is 6.74. The van der Waals surface area contributed by atoms with E-state index in [0.29, 0.717) is 5.92 Å². The lowest BCUT2D eigenvalue weighted by Crippen LogP contribution is -2.48. The minimum atomic E-state index is -2.07. The fourth-order valence-corrected chi connectivity index (χ4v) is 8.10. The summed E-state index contributed by atoms with van der Waals surface area (Å²) in [5.74, 6) is 0.559. The second-order valence-corrected chi connectivity index (χ2v) is 26.6. The first kappa shape index (κ1) is 39.9. The predicted octanol–water partition coefficient (Wildman–Crippen LogP) is 10.6. The zero-order chi connectivity index (χ0) is 34.4. The number of nitrogens with zero attached hydrogens (tertiary/aromatic N) is 1. The standard InChI is InChI=1S/C38H69NO4Si2/c1-28(23-24-34-29(2)27-33(42-34)22-19-25-41-44(12,13)37(5,6)7)26-30(3)36(40)39(11)31(4)35(32-20-17-16-18-21-32)43-45(14,15)38(8,9)10/h16-18,20-21,28,30-31,33-35H,2,19,22-27H2,1,3-15H3/t28-,30-,31-,33+,34?,35+/m1/s1. The Morgan fingerprint density at radius 3 is 2.11 bits per heavy atom. The van der Waals surface area contributed by atoms with Crippen LogP contribution in [-0.4, -0.2) is 59.3 Å². The van der Waals surface area contributed by atoms with Gasteiger partial charge in [-0.2, -0.15) is 0 Å². The van der Waals surface area contributed by atoms with Gasteiger partial charge < -0.3 is 18.5 Å². The van der Waals surface area contributed by atoms with Crippen LogP contribution in [0.4, 0.5) is 0 Å². The zero-order valence-electron chi connectivity index (χ0n) is 31.6. The fraction of sp³-hybridized carbons (Fsp3) is 0.763. The molecule has 1 aliphatic rings. The minimum absolute atomic E-state index is 0.0573. The second-order valence-electron chi connectivity index (χ2n) is 17.1. The van der Waals surface area contributed by atoms with E-state index in [9.17, 15) is 4.79 Å². The normalized spacial score (nSPS) is 21.0. The van der Waals surface area contributed by atoms with Crippen LogP contribution in [0.5, 0.6) is 0 Å². The Morgan fingerprint density at radius 2 is 1.56 bits per heavy atom. The number of ether oxygens (including phenoxy) is 1. The van der Waals surface area contributed by atoms with Crippen molar-refractivity contribution < 1.29 is 18.4 Å². The first-order chi connectivity index (χ1) is 20.6. The van der Waals surface area contributed by atoms with Gasteiger partial charge in [-0.05, 0) is 98.8 Å². The summed E-state index contributed by atoms with van der Waals surface area (Å²) in [6.07, 6.45) is 6.10. The molecule has 6 atom stereocenters. The highest BCUT2D eigenvalue weighted by Gasteiger charge is 2.42. The molecule has 1 fully saturated rings. The quantitative estimate of drug-likeness (QED) is 0.101. The Bertz CT molecular complexity index is 1080. The molecule has 258 valence electrons. The van der Waals surface area contributed by atoms with E-state index in [1.54, 1.807) is 0 Å². The van der Waals surface area contributed by atoms with Crippen LogP contribution in [0.15, 0.2) is 42.5 Å². The molecule has 7 heteroatoms. The molecule has 1 amide bonds. The summed E-state index contributed by atoms with van der Waals surface area (Å²) in [5.41, 5.74) is 2.36. The Labute approximate surface area is 280 Å². The summed E-state index contributed by atoms with van der Waals surface area (Å²) in [6, 6.07) is 10.3. The first-order valence-corrected chi connectivity index (χ1v) is 23.4. The minimum Gasteiger partial charge on any atom is -0.417 e. The lowest BCUT2D eigenvalue weighted by atomic mass is 9.90. The molecule has 0 spiro atoms. The predicted molar refractivity (Wildman–Crippen MR) is 197 cm³/mol. The van der Waals surface area contributed by atoms with Gasteiger partial charge in [-0.15, -0.1) is 0 Å². The van der Waals surface area contributed by atoms with E-state index in [1.165, 1.54) is 5.57 Å². The lowest BCUT2D eigenvalue weighted by molar-refractivity contribution is -0.138. The van der Waals surface area contributed by atoms with E-state index in [2.05, 4.69) is 119 Å². The molecular formula is C38H69NO4Si2. The Kier molecular flexibility index (Phi) is 14.4. The summed E-state index contributed by atoms with van der Waals surface area (Å²) in [5, 5.41) is 0.324. The molecule has 5 nitrogen and oxygen atoms in total. The van der Waals surface area contributed by atoms with Gasteiger partial charge in [0.25, 0.3) is 0 Å². The Hall–Kier alpha value is -1.26. The third-order valence-electron chi connectivity index (χ3n) is 11.1. The Balaban J connectivity index is 1.89. The van der Waals surface area contributed by atoms with Crippen LogP contribution in [0.2, 0.25) is 36.3 Å². The van der Waals surface area contributed by atoms with Gasteiger partial charge in [0.1, 0.15) is 0 Å². The van der Waals surface area contributed by atoms with Gasteiger partial charge >= 0.3 is 0 Å². The van der Waals surface area contributed by atoms with Crippen LogP contribution < -0.4 is 0 Å². The lowest BCUT2D eigenvalue weighted by Gasteiger charge is -2.43. The molecule has 0 aromatic heterocycles. The monoisotopic (exact) mass is 659 g/mol. The maximum atomic E-state index is 13.8. The van der Waals surface area contributed by atoms with Crippen LogP contribution in [0.1, 0.15) is 113 Å². The maximum Gasteiger partial charge on any atom is 0.225 e. The number of carbonyl (C=O) groups is 1. The third kappa shape index (κ3) is 11.4. The van der Waals surface area contributed by atoms with E-state index in [4.69, 9.17) is 13.6 Å². The zero-order valence-corrected chi connectivity index (χ0v) is 33.6. The van der Waals surface area contributed by atoms with Crippen LogP contribution in [-0.2, 0) is 18.4 Å². The number of likely N-dealkylation sites (N-methyl/N-ethyl adjacent to an activating group) is 1. The molecule has 0 N–H and O–H groups in total. The molecule has 1 aromatic carbocycles. The number of benzene rings is 1. The van der Waals surface area contributed by atoms with Gasteiger partial charge in [-0.1, -0.05) is 92.3 Å². The average molecular weight is 660 g/mol. The van der Waals surface area contributed by atoms with Crippen LogP contribution in [0.3, 0.4) is 0 Å². The van der Waals surface area contributed by atoms with Crippen molar-refractivity contribution in [3.8, 4) is 0 Å². The molecular weight excluding hydrogens is 591 g/mol. The highest BCUT2D eigenvalue weighted by atomic mass is 28.4. The van der Waals surface area contributed by atoms with Crippen molar-refractivity contribution in [3.63, 3.8) is 0 Å². The SMILES string of the molecule is C=C1C[C@H](CCCO[Si](C)(C)C(C)(C)C)OC1CC[C@@H](C)C[C@@H](C)C(=O)N(C)[C@H](C)[C@H](O[Si](C)(C)C(C)(C)C)c1ccccc1. The number of carbonyl (C=O) groups excluding carboxylic acids is 1. The van der Waals surface area contributed by atoms with Crippen molar-refractivity contribution in [2.75, 3.05) is 13.7 Å². The molecule has 0 saturated carbocycles. The summed E-state index contributed by atoms with van der Waals surface area (Å²) in [6.45, 7) is 34.5. The van der Waals surface area contributed by atoms with Gasteiger partial charge in [0.2, 0.25) is 5.91 Å². The summed E-state index contributed by atoms with van der Waals surface area (Å²) >= 11 is 0. The van der Waals surface area contributed by atoms with Gasteiger partial charge in [0.15, 0.2) is 16.6 Å². The molecule has 1 heterocycles. The molecule has 1 saturated heterocycles. The highest BCUT2D eigenvalue weighted by Crippen LogP contribution is 2.41. The molecule has 1 unspecified atom stereocenters. The summed E-state index contributed by atoms with van der Waals surface area (Å²) in [7, 11) is -1.81. The summed E-state index contributed by atoms with van der Waals surface area (Å²) in [4.78, 5) is 15.7. The smallest absolute Gasteiger partial charge is 0.225 e. The van der Waals surface area contributed by atoms with E-state index < -0.39 is 16.6 Å². The second kappa shape index (κ2) is 16.2. The average Bonchev–Trinajstić information content (AvgIpc) is 3.29. The van der Waals surface area contributed by atoms with Gasteiger partial charge in [-0.25, -0.2) is 0 Å². The molecule has 45 heavy (non-hydrogen) atoms. The Morgan fingerprint density at radius 1 is 0.978 bits per heavy atom. The topological polar surface area (TPSA) is 48.0 Å². The van der Waals surface area contributed by atoms with E-state index in [1.807, 2.05) is 18.0 Å². The van der Waals surface area contributed by atoms with Crippen molar-refractivity contribution in [1.29, 1.82) is 0 Å². The van der Waals surface area contributed by atoms with Crippen LogP contribution >= 0.6 is 0 Å². The number of rotatable bonds is 16. The molecule has 1 aliphatic heterocycles. The van der Waals surface area contributed by atoms with Gasteiger partial charge in [-0.3, -0.25) is 4.79 Å². The van der Waals surface area contributed by atoms with Crippen LogP contribution in [0.25, 0.3) is 0 Å². The van der Waals surface area contributed by atoms with Crippen molar-refractivity contribution in [2.24, 2.45) is 11.8 Å². The summed E-state index contributed by atoms with van der Waals surface area (Å²) < 4.78 is 19.8. The molecule has 0 radical (unpaired) electrons. The van der Waals surface area contributed by atoms with Crippen LogP contribution in [0, 0.1) is 11.8 Å². The maximum absolute atomic E-state index is 13.8. The van der Waals surface area contributed by atoms with E-state index in [-0.39, 0.29) is 46.3 Å². The van der Waals surface area contributed by atoms with Crippen molar-refractivity contribution in [3.05, 3.63) is 48.0 Å². The molecule has 2 rings (SSSR count). The molecule has 1 aromatic rings. The van der Waals surface area contributed by atoms with E-state index >= 15 is 0 Å². The van der Waals surface area contributed by atoms with Gasteiger partial charge in [0, 0.05) is 19.6 Å². The number of hydrogen-bond donors (Lipinski definition) is 0. The number of amides is 1. The van der Waals surface area contributed by atoms with E-state index in [0.717, 1.165) is 50.7 Å². The van der Waals surface area contributed by atoms with Gasteiger partial charge in [0.05, 0.1) is 24.4 Å². The van der Waals surface area contributed by atoms with Crippen molar-refractivity contribution in [1.82, 2.24) is 4.90 Å². The molecule has 0 aliphatic carbocycles.